The Morgan fingerprint density at radius 3 is 2.43 bits per heavy atom. The van der Waals surface area contributed by atoms with Crippen molar-refractivity contribution in [1.29, 1.82) is 0 Å². The fourth-order valence-electron chi connectivity index (χ4n) is 4.39. The molecule has 8 nitrogen and oxygen atoms in total. The number of carbonyl (C=O) groups is 1. The van der Waals surface area contributed by atoms with Crippen molar-refractivity contribution in [3.63, 3.8) is 0 Å². The first-order chi connectivity index (χ1) is 14.3. The molecular formula is C21H30N4O4S. The van der Waals surface area contributed by atoms with Crippen LogP contribution >= 0.6 is 0 Å². The number of aromatic nitrogens is 1. The Morgan fingerprint density at radius 1 is 1.07 bits per heavy atom. The van der Waals surface area contributed by atoms with Gasteiger partial charge in [0.2, 0.25) is 5.91 Å². The highest BCUT2D eigenvalue weighted by Crippen LogP contribution is 2.21. The lowest BCUT2D eigenvalue weighted by molar-refractivity contribution is -0.132. The van der Waals surface area contributed by atoms with Gasteiger partial charge in [-0.25, -0.2) is 0 Å². The number of nitrogens with one attached hydrogen (secondary N) is 1. The maximum atomic E-state index is 13.0. The fourth-order valence-corrected chi connectivity index (χ4v) is 6.14. The number of benzene rings is 1. The molecule has 0 radical (unpaired) electrons. The van der Waals surface area contributed by atoms with Gasteiger partial charge in [0.25, 0.3) is 10.2 Å². The van der Waals surface area contributed by atoms with Gasteiger partial charge in [-0.05, 0) is 31.9 Å². The number of hydrogen-bond donors (Lipinski definition) is 1. The monoisotopic (exact) mass is 434 g/mol. The quantitative estimate of drug-likeness (QED) is 0.775. The van der Waals surface area contributed by atoms with Gasteiger partial charge in [-0.2, -0.15) is 17.0 Å². The summed E-state index contributed by atoms with van der Waals surface area (Å²) in [6, 6.07) is 8.07. The zero-order chi connectivity index (χ0) is 21.3. The van der Waals surface area contributed by atoms with Crippen molar-refractivity contribution >= 4 is 27.0 Å². The molecule has 1 aromatic carbocycles. The Morgan fingerprint density at radius 2 is 1.73 bits per heavy atom. The van der Waals surface area contributed by atoms with Crippen molar-refractivity contribution < 1.29 is 17.9 Å². The summed E-state index contributed by atoms with van der Waals surface area (Å²) in [6.45, 7) is 6.06. The van der Waals surface area contributed by atoms with E-state index in [1.807, 2.05) is 38.2 Å². The predicted octanol–water partition coefficient (Wildman–Crippen LogP) is 1.60. The van der Waals surface area contributed by atoms with E-state index >= 15 is 0 Å². The molecule has 4 rings (SSSR count). The van der Waals surface area contributed by atoms with E-state index in [1.165, 1.54) is 8.61 Å². The molecule has 1 N–H and O–H groups in total. The standard InChI is InChI=1S/C21H30N4O4S/c1-16-14-25(15-17(2)29-16)30(27,28)24-11-9-23(10-12-24)21(26)8-7-18-13-22-20-6-4-3-5-19(18)20/h3-6,13,16-17,22H,7-12,14-15H2,1-2H3. The van der Waals surface area contributed by atoms with E-state index in [-0.39, 0.29) is 18.1 Å². The molecule has 2 unspecified atom stereocenters. The normalized spacial score (nSPS) is 24.4. The maximum Gasteiger partial charge on any atom is 0.282 e. The number of piperazine rings is 1. The van der Waals surface area contributed by atoms with E-state index in [0.29, 0.717) is 52.1 Å². The topological polar surface area (TPSA) is 86.0 Å². The molecule has 2 aromatic rings. The first-order valence-corrected chi connectivity index (χ1v) is 12.0. The number of amides is 1. The Balaban J connectivity index is 1.31. The molecule has 0 saturated carbocycles. The number of H-pyrrole nitrogens is 1. The van der Waals surface area contributed by atoms with Crippen LogP contribution in [-0.2, 0) is 26.2 Å². The number of nitrogens with zero attached hydrogens (tertiary/aromatic N) is 3. The first kappa shape index (κ1) is 21.3. The molecule has 1 aromatic heterocycles. The van der Waals surface area contributed by atoms with Crippen molar-refractivity contribution in [2.45, 2.75) is 38.9 Å². The third kappa shape index (κ3) is 4.39. The highest BCUT2D eigenvalue weighted by molar-refractivity contribution is 7.86. The molecule has 2 aliphatic rings. The van der Waals surface area contributed by atoms with Crippen LogP contribution in [0.25, 0.3) is 10.9 Å². The Labute approximate surface area is 178 Å². The van der Waals surface area contributed by atoms with Crippen LogP contribution in [0, 0.1) is 0 Å². The minimum absolute atomic E-state index is 0.0750. The van der Waals surface area contributed by atoms with Gasteiger partial charge in [0.1, 0.15) is 0 Å². The molecule has 164 valence electrons. The number of aryl methyl sites for hydroxylation is 1. The van der Waals surface area contributed by atoms with Crippen LogP contribution in [0.1, 0.15) is 25.8 Å². The Kier molecular flexibility index (Phi) is 6.15. The van der Waals surface area contributed by atoms with Gasteiger partial charge in [-0.3, -0.25) is 4.79 Å². The van der Waals surface area contributed by atoms with Crippen LogP contribution in [0.2, 0.25) is 0 Å². The van der Waals surface area contributed by atoms with E-state index in [9.17, 15) is 13.2 Å². The Hall–Kier alpha value is -1.94. The minimum Gasteiger partial charge on any atom is -0.373 e. The molecule has 3 heterocycles. The molecule has 2 saturated heterocycles. The molecular weight excluding hydrogens is 404 g/mol. The van der Waals surface area contributed by atoms with E-state index in [2.05, 4.69) is 11.1 Å². The van der Waals surface area contributed by atoms with Crippen LogP contribution in [0.3, 0.4) is 0 Å². The summed E-state index contributed by atoms with van der Waals surface area (Å²) < 4.78 is 34.7. The van der Waals surface area contributed by atoms with Crippen molar-refractivity contribution in [2.24, 2.45) is 0 Å². The van der Waals surface area contributed by atoms with E-state index in [1.54, 1.807) is 4.90 Å². The van der Waals surface area contributed by atoms with Crippen molar-refractivity contribution in [1.82, 2.24) is 18.5 Å². The van der Waals surface area contributed by atoms with Crippen LogP contribution in [0.5, 0.6) is 0 Å². The van der Waals surface area contributed by atoms with Crippen LogP contribution in [0.15, 0.2) is 30.5 Å². The SMILES string of the molecule is CC1CN(S(=O)(=O)N2CCN(C(=O)CCc3c[nH]c4ccccc34)CC2)CC(C)O1. The second-order valence-corrected chi connectivity index (χ2v) is 10.1. The van der Waals surface area contributed by atoms with E-state index in [0.717, 1.165) is 16.5 Å². The molecule has 2 aliphatic heterocycles. The number of para-hydroxylation sites is 1. The summed E-state index contributed by atoms with van der Waals surface area (Å²) in [6.07, 6.45) is 2.83. The summed E-state index contributed by atoms with van der Waals surface area (Å²) in [5.74, 6) is 0.0750. The van der Waals surface area contributed by atoms with Crippen LogP contribution in [-0.4, -0.2) is 84.3 Å². The number of hydrogen-bond acceptors (Lipinski definition) is 4. The third-order valence-electron chi connectivity index (χ3n) is 5.91. The maximum absolute atomic E-state index is 13.0. The van der Waals surface area contributed by atoms with Gasteiger partial charge in [0.05, 0.1) is 12.2 Å². The molecule has 9 heteroatoms. The predicted molar refractivity (Wildman–Crippen MR) is 115 cm³/mol. The average Bonchev–Trinajstić information content (AvgIpc) is 3.14. The summed E-state index contributed by atoms with van der Waals surface area (Å²) in [5, 5.41) is 1.15. The molecule has 0 aliphatic carbocycles. The number of fused-ring (bicyclic) bond motifs is 1. The molecule has 2 atom stereocenters. The van der Waals surface area contributed by atoms with Gasteiger partial charge in [-0.1, -0.05) is 18.2 Å². The summed E-state index contributed by atoms with van der Waals surface area (Å²) in [7, 11) is -3.53. The number of rotatable bonds is 5. The largest absolute Gasteiger partial charge is 0.373 e. The number of ether oxygens (including phenoxy) is 1. The smallest absolute Gasteiger partial charge is 0.282 e. The first-order valence-electron chi connectivity index (χ1n) is 10.6. The van der Waals surface area contributed by atoms with Crippen molar-refractivity contribution in [3.8, 4) is 0 Å². The van der Waals surface area contributed by atoms with Gasteiger partial charge in [-0.15, -0.1) is 0 Å². The lowest BCUT2D eigenvalue weighted by Gasteiger charge is -2.40. The minimum atomic E-state index is -3.53. The Bertz CT molecular complexity index is 987. The van der Waals surface area contributed by atoms with E-state index in [4.69, 9.17) is 4.74 Å². The molecule has 30 heavy (non-hydrogen) atoms. The zero-order valence-corrected chi connectivity index (χ0v) is 18.4. The number of morpholine rings is 1. The van der Waals surface area contributed by atoms with Gasteiger partial charge < -0.3 is 14.6 Å². The lowest BCUT2D eigenvalue weighted by Crippen LogP contribution is -2.57. The summed E-state index contributed by atoms with van der Waals surface area (Å²) >= 11 is 0. The number of aromatic amines is 1. The van der Waals surface area contributed by atoms with Crippen LogP contribution < -0.4 is 0 Å². The average molecular weight is 435 g/mol. The number of carbonyl (C=O) groups excluding carboxylic acids is 1. The van der Waals surface area contributed by atoms with E-state index < -0.39 is 10.2 Å². The fraction of sp³-hybridized carbons (Fsp3) is 0.571. The van der Waals surface area contributed by atoms with Gasteiger partial charge >= 0.3 is 0 Å². The summed E-state index contributed by atoms with van der Waals surface area (Å²) in [5.41, 5.74) is 2.21. The highest BCUT2D eigenvalue weighted by atomic mass is 32.2. The van der Waals surface area contributed by atoms with Crippen molar-refractivity contribution in [2.75, 3.05) is 39.3 Å². The van der Waals surface area contributed by atoms with Crippen LogP contribution in [0.4, 0.5) is 0 Å². The molecule has 1 amide bonds. The highest BCUT2D eigenvalue weighted by Gasteiger charge is 2.37. The summed E-state index contributed by atoms with van der Waals surface area (Å²) in [4.78, 5) is 17.7. The van der Waals surface area contributed by atoms with Gasteiger partial charge in [0, 0.05) is 62.8 Å². The van der Waals surface area contributed by atoms with Gasteiger partial charge in [0.15, 0.2) is 0 Å². The zero-order valence-electron chi connectivity index (χ0n) is 17.6. The lowest BCUT2D eigenvalue weighted by atomic mass is 10.1. The second kappa shape index (κ2) is 8.66. The third-order valence-corrected chi connectivity index (χ3v) is 7.88. The van der Waals surface area contributed by atoms with Crippen molar-refractivity contribution in [3.05, 3.63) is 36.0 Å². The molecule has 0 bridgehead atoms. The molecule has 0 spiro atoms. The second-order valence-electron chi connectivity index (χ2n) is 8.22. The molecule has 2 fully saturated rings.